The van der Waals surface area contributed by atoms with Gasteiger partial charge in [-0.2, -0.15) is 0 Å². The average molecular weight is 832 g/mol. The van der Waals surface area contributed by atoms with E-state index in [-0.39, 0.29) is 38.6 Å². The molecule has 1 rings (SSSR count). The van der Waals surface area contributed by atoms with Gasteiger partial charge in [-0.25, -0.2) is 0 Å². The number of hydrogen-bond donors (Lipinski definition) is 3. The second-order valence-electron chi connectivity index (χ2n) is 16.7. The van der Waals surface area contributed by atoms with Crippen LogP contribution in [0.5, 0.6) is 0 Å². The number of aliphatic hydroxyl groups excluding tert-OH is 3. The third-order valence-corrected chi connectivity index (χ3v) is 11.0. The van der Waals surface area contributed by atoms with Crippen LogP contribution < -0.4 is 4.89 Å². The van der Waals surface area contributed by atoms with Crippen LogP contribution in [0.1, 0.15) is 155 Å². The van der Waals surface area contributed by atoms with E-state index in [2.05, 4.69) is 13.8 Å². The summed E-state index contributed by atoms with van der Waals surface area (Å²) < 4.78 is 40.0. The van der Waals surface area contributed by atoms with Crippen molar-refractivity contribution in [1.29, 1.82) is 0 Å². The fourth-order valence-electron chi connectivity index (χ4n) is 6.45. The van der Waals surface area contributed by atoms with Crippen molar-refractivity contribution in [2.45, 2.75) is 186 Å². The Bertz CT molecular complexity index is 1130. The Labute approximate surface area is 346 Å². The Morgan fingerprint density at radius 2 is 1.46 bits per heavy atom. The Balaban J connectivity index is 2.51. The molecule has 12 nitrogen and oxygen atoms in total. The first-order valence-corrected chi connectivity index (χ1v) is 23.6. The third-order valence-electron chi connectivity index (χ3n) is 10.1. The highest BCUT2D eigenvalue weighted by Gasteiger charge is 2.35. The van der Waals surface area contributed by atoms with Gasteiger partial charge in [0.05, 0.1) is 52.3 Å². The molecule has 0 aromatic rings. The standard InChI is InChI=1S/C44H82NO11P/c1-6-8-10-11-12-13-14-15-16-17-18-19-22-26-33-52-39(37-55-57(50,51)54-34-32-45(3,4)5)36-53-43(48)29-25-21-20-24-28-40-41(47)35-44(49)56-42(40)31-30-38(46)27-23-9-7-2/h20,24,26,30-31,33,38-42,44,46-47,49H,6-19,21-23,25,27-29,32,34-37H2,1-5H3/b24-20-,31-30+,33-26+/t38-,39+,40-,41-,42+,44?/m0/s1. The predicted octanol–water partition coefficient (Wildman–Crippen LogP) is 8.43. The van der Waals surface area contributed by atoms with Gasteiger partial charge >= 0.3 is 5.97 Å². The van der Waals surface area contributed by atoms with E-state index in [9.17, 15) is 29.6 Å². The number of quaternary nitrogens is 1. The van der Waals surface area contributed by atoms with Crippen LogP contribution in [0, 0.1) is 5.92 Å². The molecule has 1 fully saturated rings. The molecular formula is C44H82NO11P. The van der Waals surface area contributed by atoms with Crippen LogP contribution in [0.4, 0.5) is 0 Å². The maximum absolute atomic E-state index is 12.6. The number of nitrogens with zero attached hydrogens (tertiary/aromatic N) is 1. The highest BCUT2D eigenvalue weighted by Crippen LogP contribution is 2.38. The minimum absolute atomic E-state index is 0.0166. The Morgan fingerprint density at radius 1 is 0.842 bits per heavy atom. The van der Waals surface area contributed by atoms with Gasteiger partial charge in [-0.3, -0.25) is 9.36 Å². The lowest BCUT2D eigenvalue weighted by molar-refractivity contribution is -0.870. The van der Waals surface area contributed by atoms with Gasteiger partial charge < -0.3 is 48.0 Å². The van der Waals surface area contributed by atoms with Crippen LogP contribution in [-0.2, 0) is 32.6 Å². The van der Waals surface area contributed by atoms with Crippen molar-refractivity contribution in [1.82, 2.24) is 0 Å². The summed E-state index contributed by atoms with van der Waals surface area (Å²) in [4.78, 5) is 25.0. The summed E-state index contributed by atoms with van der Waals surface area (Å²) in [5.41, 5.74) is 0. The Hall–Kier alpha value is -1.60. The molecule has 0 aromatic carbocycles. The number of rotatable bonds is 36. The van der Waals surface area contributed by atoms with Gasteiger partial charge in [0.1, 0.15) is 19.8 Å². The van der Waals surface area contributed by atoms with Gasteiger partial charge in [-0.05, 0) is 44.6 Å². The summed E-state index contributed by atoms with van der Waals surface area (Å²) in [5, 5.41) is 31.0. The number of allylic oxidation sites excluding steroid dienone is 3. The quantitative estimate of drug-likeness (QED) is 0.0139. The summed E-state index contributed by atoms with van der Waals surface area (Å²) in [6, 6.07) is 0. The van der Waals surface area contributed by atoms with E-state index in [4.69, 9.17) is 23.3 Å². The summed E-state index contributed by atoms with van der Waals surface area (Å²) in [6.45, 7) is 4.29. The minimum Gasteiger partial charge on any atom is -0.756 e. The SMILES string of the molecule is CCCCCCCCCCCCCC/C=C/O[C@H](COC(=O)CCC/C=C\C[C@H]1[C@@H](O)CC(O)O[C@@H]1/C=C/[C@@H](O)CCCCC)COP(=O)([O-])OCC[N+](C)(C)C. The molecule has 0 spiro atoms. The van der Waals surface area contributed by atoms with E-state index >= 15 is 0 Å². The normalized spacial score (nSPS) is 21.4. The van der Waals surface area contributed by atoms with Gasteiger partial charge in [0.25, 0.3) is 7.82 Å². The van der Waals surface area contributed by atoms with Crippen molar-refractivity contribution < 1.29 is 57.3 Å². The van der Waals surface area contributed by atoms with Crippen LogP contribution in [-0.4, -0.2) is 104 Å². The lowest BCUT2D eigenvalue weighted by atomic mass is 9.87. The summed E-state index contributed by atoms with van der Waals surface area (Å²) in [5.74, 6) is -0.714. The Morgan fingerprint density at radius 3 is 2.11 bits per heavy atom. The first-order valence-electron chi connectivity index (χ1n) is 22.2. The number of carbonyl (C=O) groups excluding carboxylic acids is 1. The van der Waals surface area contributed by atoms with Gasteiger partial charge in [0, 0.05) is 18.8 Å². The molecule has 0 aliphatic carbocycles. The molecular weight excluding hydrogens is 749 g/mol. The number of unbranched alkanes of at least 4 members (excludes halogenated alkanes) is 15. The number of phosphoric ester groups is 1. The molecule has 1 heterocycles. The highest BCUT2D eigenvalue weighted by atomic mass is 31.2. The molecule has 57 heavy (non-hydrogen) atoms. The van der Waals surface area contributed by atoms with Gasteiger partial charge in [0.2, 0.25) is 0 Å². The van der Waals surface area contributed by atoms with Gasteiger partial charge in [-0.15, -0.1) is 0 Å². The number of likely N-dealkylation sites (N-methyl/N-ethyl adjacent to an activating group) is 1. The molecule has 334 valence electrons. The highest BCUT2D eigenvalue weighted by molar-refractivity contribution is 7.45. The largest absolute Gasteiger partial charge is 0.756 e. The number of carbonyl (C=O) groups is 1. The average Bonchev–Trinajstić information content (AvgIpc) is 3.14. The maximum Gasteiger partial charge on any atom is 0.305 e. The Kier molecular flexibility index (Phi) is 31.1. The molecule has 1 saturated heterocycles. The van der Waals surface area contributed by atoms with Crippen molar-refractivity contribution in [2.75, 3.05) is 47.5 Å². The lowest BCUT2D eigenvalue weighted by Gasteiger charge is -2.36. The molecule has 1 aliphatic heterocycles. The first kappa shape index (κ1) is 53.4. The van der Waals surface area contributed by atoms with E-state index in [0.29, 0.717) is 36.7 Å². The van der Waals surface area contributed by atoms with Crippen molar-refractivity contribution in [3.05, 3.63) is 36.6 Å². The van der Waals surface area contributed by atoms with Gasteiger partial charge in [0.15, 0.2) is 12.4 Å². The second-order valence-corrected chi connectivity index (χ2v) is 18.1. The van der Waals surface area contributed by atoms with Crippen LogP contribution in [0.25, 0.3) is 0 Å². The molecule has 3 N–H and O–H groups in total. The smallest absolute Gasteiger partial charge is 0.305 e. The molecule has 0 bridgehead atoms. The minimum atomic E-state index is -4.58. The van der Waals surface area contributed by atoms with E-state index in [1.807, 2.05) is 39.4 Å². The molecule has 0 radical (unpaired) electrons. The third kappa shape index (κ3) is 31.0. The van der Waals surface area contributed by atoms with Crippen LogP contribution in [0.15, 0.2) is 36.6 Å². The summed E-state index contributed by atoms with van der Waals surface area (Å²) >= 11 is 0. The first-order chi connectivity index (χ1) is 27.3. The fourth-order valence-corrected chi connectivity index (χ4v) is 7.18. The van der Waals surface area contributed by atoms with E-state index in [1.165, 1.54) is 70.5 Å². The van der Waals surface area contributed by atoms with Crippen LogP contribution >= 0.6 is 7.82 Å². The number of ether oxygens (including phenoxy) is 3. The number of phosphoric acid groups is 1. The zero-order chi connectivity index (χ0) is 42.2. The molecule has 2 unspecified atom stereocenters. The van der Waals surface area contributed by atoms with Crippen molar-refractivity contribution in [3.63, 3.8) is 0 Å². The number of esters is 1. The van der Waals surface area contributed by atoms with E-state index in [0.717, 1.165) is 38.5 Å². The maximum atomic E-state index is 12.6. The van der Waals surface area contributed by atoms with Crippen LogP contribution in [0.3, 0.4) is 0 Å². The zero-order valence-corrected chi connectivity index (χ0v) is 37.2. The molecule has 1 aliphatic rings. The molecule has 0 amide bonds. The molecule has 0 aromatic heterocycles. The number of aliphatic hydroxyl groups is 3. The molecule has 0 saturated carbocycles. The second kappa shape index (κ2) is 33.2. The number of hydrogen-bond acceptors (Lipinski definition) is 11. The monoisotopic (exact) mass is 832 g/mol. The fraction of sp³-hybridized carbons (Fsp3) is 0.841. The van der Waals surface area contributed by atoms with E-state index in [1.54, 1.807) is 12.2 Å². The van der Waals surface area contributed by atoms with Crippen molar-refractivity contribution in [3.8, 4) is 0 Å². The van der Waals surface area contributed by atoms with Crippen LogP contribution in [0.2, 0.25) is 0 Å². The molecule has 13 heteroatoms. The topological polar surface area (TPSA) is 164 Å². The lowest BCUT2D eigenvalue weighted by Crippen LogP contribution is -2.43. The van der Waals surface area contributed by atoms with Crippen molar-refractivity contribution >= 4 is 13.8 Å². The molecule has 7 atom stereocenters. The van der Waals surface area contributed by atoms with Gasteiger partial charge in [-0.1, -0.05) is 128 Å². The van der Waals surface area contributed by atoms with Crippen molar-refractivity contribution in [2.24, 2.45) is 5.92 Å². The van der Waals surface area contributed by atoms with E-state index < -0.39 is 44.5 Å². The predicted molar refractivity (Wildman–Crippen MR) is 225 cm³/mol. The summed E-state index contributed by atoms with van der Waals surface area (Å²) in [7, 11) is 1.21. The zero-order valence-electron chi connectivity index (χ0n) is 36.3. The summed E-state index contributed by atoms with van der Waals surface area (Å²) in [6.07, 6.45) is 28.8.